The van der Waals surface area contributed by atoms with E-state index in [1.54, 1.807) is 42.9 Å². The van der Waals surface area contributed by atoms with Crippen LogP contribution < -0.4 is 0 Å². The Morgan fingerprint density at radius 1 is 1.13 bits per heavy atom. The topological polar surface area (TPSA) is 30.2 Å². The molecule has 2 rings (SSSR count). The van der Waals surface area contributed by atoms with Crippen molar-refractivity contribution in [1.29, 1.82) is 0 Å². The lowest BCUT2D eigenvalue weighted by Gasteiger charge is -1.92. The molecular formula is C13H10O2. The van der Waals surface area contributed by atoms with E-state index in [1.165, 1.54) is 0 Å². The second-order valence-electron chi connectivity index (χ2n) is 3.12. The van der Waals surface area contributed by atoms with E-state index in [2.05, 4.69) is 0 Å². The fourth-order valence-electron chi connectivity index (χ4n) is 1.24. The van der Waals surface area contributed by atoms with Crippen molar-refractivity contribution in [3.8, 4) is 0 Å². The lowest BCUT2D eigenvalue weighted by atomic mass is 10.1. The molecule has 0 aliphatic carbocycles. The Labute approximate surface area is 87.8 Å². The first-order chi connectivity index (χ1) is 7.36. The molecule has 0 fully saturated rings. The van der Waals surface area contributed by atoms with Gasteiger partial charge in [0.1, 0.15) is 0 Å². The number of benzene rings is 1. The summed E-state index contributed by atoms with van der Waals surface area (Å²) in [7, 11) is 0. The van der Waals surface area contributed by atoms with Gasteiger partial charge in [0.05, 0.1) is 12.5 Å². The summed E-state index contributed by atoms with van der Waals surface area (Å²) < 4.78 is 4.89. The van der Waals surface area contributed by atoms with E-state index in [9.17, 15) is 4.79 Å². The van der Waals surface area contributed by atoms with Gasteiger partial charge in [-0.3, -0.25) is 4.79 Å². The summed E-state index contributed by atoms with van der Waals surface area (Å²) in [6, 6.07) is 11.0. The SMILES string of the molecule is O=C(/C=C/c1ccoc1)c1ccccc1. The normalized spacial score (nSPS) is 10.7. The van der Waals surface area contributed by atoms with Crippen LogP contribution in [0.1, 0.15) is 15.9 Å². The van der Waals surface area contributed by atoms with Crippen molar-refractivity contribution in [2.45, 2.75) is 0 Å². The molecule has 0 atom stereocenters. The van der Waals surface area contributed by atoms with Crippen molar-refractivity contribution >= 4 is 11.9 Å². The quantitative estimate of drug-likeness (QED) is 0.560. The Bertz CT molecular complexity index is 453. The Morgan fingerprint density at radius 3 is 2.60 bits per heavy atom. The average molecular weight is 198 g/mol. The molecule has 15 heavy (non-hydrogen) atoms. The summed E-state index contributed by atoms with van der Waals surface area (Å²) in [5.41, 5.74) is 1.58. The zero-order valence-electron chi connectivity index (χ0n) is 8.09. The van der Waals surface area contributed by atoms with Gasteiger partial charge in [-0.1, -0.05) is 30.3 Å². The number of carbonyl (C=O) groups excluding carboxylic acids is 1. The van der Waals surface area contributed by atoms with Crippen molar-refractivity contribution in [2.24, 2.45) is 0 Å². The minimum Gasteiger partial charge on any atom is -0.472 e. The van der Waals surface area contributed by atoms with Gasteiger partial charge in [0.2, 0.25) is 0 Å². The first-order valence-corrected chi connectivity index (χ1v) is 4.66. The van der Waals surface area contributed by atoms with E-state index >= 15 is 0 Å². The number of furan rings is 1. The fraction of sp³-hybridized carbons (Fsp3) is 0. The first-order valence-electron chi connectivity index (χ1n) is 4.66. The summed E-state index contributed by atoms with van der Waals surface area (Å²) in [6.07, 6.45) is 6.44. The van der Waals surface area contributed by atoms with Crippen LogP contribution in [0.3, 0.4) is 0 Å². The van der Waals surface area contributed by atoms with E-state index in [1.807, 2.05) is 18.2 Å². The van der Waals surface area contributed by atoms with Gasteiger partial charge in [-0.2, -0.15) is 0 Å². The number of hydrogen-bond acceptors (Lipinski definition) is 2. The van der Waals surface area contributed by atoms with Crippen LogP contribution in [-0.2, 0) is 0 Å². The van der Waals surface area contributed by atoms with Crippen molar-refractivity contribution in [1.82, 2.24) is 0 Å². The van der Waals surface area contributed by atoms with E-state index in [4.69, 9.17) is 4.42 Å². The smallest absolute Gasteiger partial charge is 0.185 e. The summed E-state index contributed by atoms with van der Waals surface area (Å²) in [5.74, 6) is -0.00296. The molecule has 0 amide bonds. The monoisotopic (exact) mass is 198 g/mol. The molecule has 0 unspecified atom stereocenters. The zero-order chi connectivity index (χ0) is 10.5. The van der Waals surface area contributed by atoms with Crippen LogP contribution in [-0.4, -0.2) is 5.78 Å². The third-order valence-electron chi connectivity index (χ3n) is 2.03. The molecular weight excluding hydrogens is 188 g/mol. The van der Waals surface area contributed by atoms with Crippen molar-refractivity contribution in [3.63, 3.8) is 0 Å². The standard InChI is InChI=1S/C13H10O2/c14-13(12-4-2-1-3-5-12)7-6-11-8-9-15-10-11/h1-10H/b7-6+. The van der Waals surface area contributed by atoms with Crippen LogP contribution in [0.2, 0.25) is 0 Å². The minimum atomic E-state index is -0.00296. The molecule has 0 radical (unpaired) electrons. The Kier molecular flexibility index (Phi) is 2.79. The van der Waals surface area contributed by atoms with E-state index < -0.39 is 0 Å². The molecule has 0 aliphatic heterocycles. The molecule has 0 bridgehead atoms. The Morgan fingerprint density at radius 2 is 1.93 bits per heavy atom. The highest BCUT2D eigenvalue weighted by atomic mass is 16.3. The number of rotatable bonds is 3. The lowest BCUT2D eigenvalue weighted by Crippen LogP contribution is -1.92. The van der Waals surface area contributed by atoms with Gasteiger partial charge in [-0.15, -0.1) is 0 Å². The molecule has 1 aromatic carbocycles. The molecule has 0 saturated heterocycles. The zero-order valence-corrected chi connectivity index (χ0v) is 8.09. The van der Waals surface area contributed by atoms with Gasteiger partial charge < -0.3 is 4.42 Å². The predicted molar refractivity (Wildman–Crippen MR) is 58.5 cm³/mol. The van der Waals surface area contributed by atoms with Crippen molar-refractivity contribution in [2.75, 3.05) is 0 Å². The largest absolute Gasteiger partial charge is 0.472 e. The molecule has 2 heteroatoms. The Balaban J connectivity index is 2.11. The van der Waals surface area contributed by atoms with Gasteiger partial charge in [0.25, 0.3) is 0 Å². The second kappa shape index (κ2) is 4.42. The minimum absolute atomic E-state index is 0.00296. The second-order valence-corrected chi connectivity index (χ2v) is 3.12. The van der Waals surface area contributed by atoms with Gasteiger partial charge in [0, 0.05) is 11.1 Å². The molecule has 1 aromatic heterocycles. The highest BCUT2D eigenvalue weighted by Gasteiger charge is 1.99. The first kappa shape index (κ1) is 9.46. The molecule has 74 valence electrons. The number of hydrogen-bond donors (Lipinski definition) is 0. The maximum Gasteiger partial charge on any atom is 0.185 e. The highest BCUT2D eigenvalue weighted by molar-refractivity contribution is 6.06. The summed E-state index contributed by atoms with van der Waals surface area (Å²) >= 11 is 0. The third kappa shape index (κ3) is 2.44. The molecule has 0 spiro atoms. The van der Waals surface area contributed by atoms with Crippen LogP contribution >= 0.6 is 0 Å². The fourth-order valence-corrected chi connectivity index (χ4v) is 1.24. The average Bonchev–Trinajstić information content (AvgIpc) is 2.80. The van der Waals surface area contributed by atoms with Crippen LogP contribution in [0.5, 0.6) is 0 Å². The predicted octanol–water partition coefficient (Wildman–Crippen LogP) is 3.18. The van der Waals surface area contributed by atoms with Gasteiger partial charge in [-0.05, 0) is 18.2 Å². The summed E-state index contributed by atoms with van der Waals surface area (Å²) in [5, 5.41) is 0. The Hall–Kier alpha value is -2.09. The maximum absolute atomic E-state index is 11.6. The summed E-state index contributed by atoms with van der Waals surface area (Å²) in [6.45, 7) is 0. The highest BCUT2D eigenvalue weighted by Crippen LogP contribution is 2.05. The van der Waals surface area contributed by atoms with Crippen LogP contribution in [0.4, 0.5) is 0 Å². The van der Waals surface area contributed by atoms with Crippen molar-refractivity contribution in [3.05, 3.63) is 66.1 Å². The lowest BCUT2D eigenvalue weighted by molar-refractivity contribution is 0.104. The molecule has 2 nitrogen and oxygen atoms in total. The van der Waals surface area contributed by atoms with Gasteiger partial charge >= 0.3 is 0 Å². The van der Waals surface area contributed by atoms with Crippen LogP contribution in [0.15, 0.2) is 59.4 Å². The molecule has 0 aliphatic rings. The van der Waals surface area contributed by atoms with Gasteiger partial charge in [-0.25, -0.2) is 0 Å². The molecule has 0 N–H and O–H groups in total. The number of allylic oxidation sites excluding steroid dienone is 1. The van der Waals surface area contributed by atoms with Crippen LogP contribution in [0.25, 0.3) is 6.08 Å². The summed E-state index contributed by atoms with van der Waals surface area (Å²) in [4.78, 5) is 11.6. The van der Waals surface area contributed by atoms with Crippen LogP contribution in [0, 0.1) is 0 Å². The number of carbonyl (C=O) groups is 1. The van der Waals surface area contributed by atoms with E-state index in [-0.39, 0.29) is 5.78 Å². The number of ketones is 1. The van der Waals surface area contributed by atoms with E-state index in [0.29, 0.717) is 5.56 Å². The maximum atomic E-state index is 11.6. The molecule has 1 heterocycles. The molecule has 0 saturated carbocycles. The third-order valence-corrected chi connectivity index (χ3v) is 2.03. The van der Waals surface area contributed by atoms with Crippen molar-refractivity contribution < 1.29 is 9.21 Å². The van der Waals surface area contributed by atoms with Gasteiger partial charge in [0.15, 0.2) is 5.78 Å². The van der Waals surface area contributed by atoms with E-state index in [0.717, 1.165) is 5.56 Å². The molecule has 2 aromatic rings.